The van der Waals surface area contributed by atoms with Crippen LogP contribution in [0.1, 0.15) is 19.8 Å². The lowest BCUT2D eigenvalue weighted by Crippen LogP contribution is -2.35. The molecule has 0 unspecified atom stereocenters. The van der Waals surface area contributed by atoms with Gasteiger partial charge in [-0.25, -0.2) is 4.98 Å². The number of hydrogen-bond acceptors (Lipinski definition) is 4. The first-order valence-corrected chi connectivity index (χ1v) is 6.15. The van der Waals surface area contributed by atoms with Crippen molar-refractivity contribution in [3.05, 3.63) is 18.7 Å². The van der Waals surface area contributed by atoms with Gasteiger partial charge in [0.25, 0.3) is 0 Å². The van der Waals surface area contributed by atoms with E-state index in [1.807, 2.05) is 17.7 Å². The van der Waals surface area contributed by atoms with Crippen LogP contribution in [0.4, 0.5) is 0 Å². The van der Waals surface area contributed by atoms with Gasteiger partial charge in [0.1, 0.15) is 0 Å². The van der Waals surface area contributed by atoms with Gasteiger partial charge in [0.15, 0.2) is 0 Å². The van der Waals surface area contributed by atoms with Crippen LogP contribution >= 0.6 is 0 Å². The summed E-state index contributed by atoms with van der Waals surface area (Å²) in [5.41, 5.74) is 0. The van der Waals surface area contributed by atoms with Gasteiger partial charge in [-0.05, 0) is 19.8 Å². The lowest BCUT2D eigenvalue weighted by atomic mass is 10.4. The number of imidazole rings is 1. The van der Waals surface area contributed by atoms with E-state index in [0.29, 0.717) is 19.2 Å². The molecule has 17 heavy (non-hydrogen) atoms. The summed E-state index contributed by atoms with van der Waals surface area (Å²) >= 11 is 0. The van der Waals surface area contributed by atoms with Crippen molar-refractivity contribution >= 4 is 5.97 Å². The second-order valence-electron chi connectivity index (χ2n) is 4.31. The fourth-order valence-electron chi connectivity index (χ4n) is 1.87. The third-order valence-corrected chi connectivity index (χ3v) is 2.91. The molecule has 1 aromatic rings. The largest absolute Gasteiger partial charge is 0.465 e. The zero-order valence-corrected chi connectivity index (χ0v) is 10.2. The fraction of sp³-hybridized carbons (Fsp3) is 0.667. The molecular weight excluding hydrogens is 218 g/mol. The number of ether oxygens (including phenoxy) is 1. The van der Waals surface area contributed by atoms with Crippen molar-refractivity contribution in [3.63, 3.8) is 0 Å². The number of carbonyl (C=O) groups is 1. The average molecular weight is 237 g/mol. The zero-order chi connectivity index (χ0) is 12.1. The number of carbonyl (C=O) groups excluding carboxylic acids is 1. The molecule has 0 spiro atoms. The molecule has 94 valence electrons. The Kier molecular flexibility index (Phi) is 4.14. The quantitative estimate of drug-likeness (QED) is 0.661. The topological polar surface area (TPSA) is 47.4 Å². The maximum atomic E-state index is 11.5. The van der Waals surface area contributed by atoms with Gasteiger partial charge < -0.3 is 9.30 Å². The van der Waals surface area contributed by atoms with Gasteiger partial charge in [0.05, 0.1) is 19.5 Å². The van der Waals surface area contributed by atoms with E-state index < -0.39 is 0 Å². The molecule has 1 saturated carbocycles. The van der Waals surface area contributed by atoms with E-state index in [9.17, 15) is 4.79 Å². The summed E-state index contributed by atoms with van der Waals surface area (Å²) in [5, 5.41) is 0. The Labute approximate surface area is 101 Å². The summed E-state index contributed by atoms with van der Waals surface area (Å²) in [5.74, 6) is -0.120. The Bertz CT molecular complexity index is 347. The number of rotatable bonds is 7. The first-order valence-electron chi connectivity index (χ1n) is 6.15. The molecular formula is C12H19N3O2. The summed E-state index contributed by atoms with van der Waals surface area (Å²) in [6.07, 6.45) is 7.91. The minimum Gasteiger partial charge on any atom is -0.465 e. The Morgan fingerprint density at radius 3 is 3.00 bits per heavy atom. The Hall–Kier alpha value is -1.36. The van der Waals surface area contributed by atoms with Crippen molar-refractivity contribution in [2.24, 2.45) is 0 Å². The Balaban J connectivity index is 1.78. The van der Waals surface area contributed by atoms with E-state index in [4.69, 9.17) is 4.74 Å². The molecule has 1 fully saturated rings. The number of esters is 1. The van der Waals surface area contributed by atoms with Crippen LogP contribution in [0.25, 0.3) is 0 Å². The molecule has 5 nitrogen and oxygen atoms in total. The number of nitrogens with zero attached hydrogens (tertiary/aromatic N) is 3. The maximum Gasteiger partial charge on any atom is 0.320 e. The van der Waals surface area contributed by atoms with Gasteiger partial charge in [-0.15, -0.1) is 0 Å². The minimum absolute atomic E-state index is 0.120. The number of hydrogen-bond donors (Lipinski definition) is 0. The molecule has 0 aliphatic heterocycles. The molecule has 1 heterocycles. The van der Waals surface area contributed by atoms with E-state index in [2.05, 4.69) is 9.88 Å². The highest BCUT2D eigenvalue weighted by Gasteiger charge is 2.30. The highest BCUT2D eigenvalue weighted by atomic mass is 16.5. The predicted octanol–water partition coefficient (Wildman–Crippen LogP) is 0.911. The first-order chi connectivity index (χ1) is 8.29. The lowest BCUT2D eigenvalue weighted by Gasteiger charge is -2.20. The van der Waals surface area contributed by atoms with Crippen molar-refractivity contribution in [1.82, 2.24) is 14.5 Å². The summed E-state index contributed by atoms with van der Waals surface area (Å²) in [7, 11) is 0. The van der Waals surface area contributed by atoms with Crippen molar-refractivity contribution in [2.45, 2.75) is 32.4 Å². The van der Waals surface area contributed by atoms with Crippen LogP contribution in [-0.4, -0.2) is 46.2 Å². The SMILES string of the molecule is CCOC(=O)CN(CCn1ccnc1)C1CC1. The van der Waals surface area contributed by atoms with Crippen LogP contribution in [0.5, 0.6) is 0 Å². The maximum absolute atomic E-state index is 11.5. The molecule has 0 bridgehead atoms. The van der Waals surface area contributed by atoms with Gasteiger partial charge in [0.2, 0.25) is 0 Å². The van der Waals surface area contributed by atoms with E-state index in [1.165, 1.54) is 12.8 Å². The molecule has 0 amide bonds. The van der Waals surface area contributed by atoms with Crippen LogP contribution < -0.4 is 0 Å². The average Bonchev–Trinajstić information content (AvgIpc) is 3.02. The van der Waals surface area contributed by atoms with E-state index in [-0.39, 0.29) is 5.97 Å². The van der Waals surface area contributed by atoms with Crippen LogP contribution in [0.2, 0.25) is 0 Å². The van der Waals surface area contributed by atoms with Crippen molar-refractivity contribution in [2.75, 3.05) is 19.7 Å². The second-order valence-corrected chi connectivity index (χ2v) is 4.31. The third kappa shape index (κ3) is 3.85. The van der Waals surface area contributed by atoms with E-state index in [1.54, 1.807) is 12.5 Å². The summed E-state index contributed by atoms with van der Waals surface area (Å²) in [6, 6.07) is 0.572. The van der Waals surface area contributed by atoms with Crippen LogP contribution in [-0.2, 0) is 16.1 Å². The molecule has 0 N–H and O–H groups in total. The van der Waals surface area contributed by atoms with Crippen molar-refractivity contribution in [3.8, 4) is 0 Å². The molecule has 0 saturated heterocycles. The van der Waals surface area contributed by atoms with E-state index >= 15 is 0 Å². The standard InChI is InChI=1S/C12H19N3O2/c1-2-17-12(16)9-15(11-3-4-11)8-7-14-6-5-13-10-14/h5-6,10-11H,2-4,7-9H2,1H3. The molecule has 1 aliphatic rings. The lowest BCUT2D eigenvalue weighted by molar-refractivity contribution is -0.144. The van der Waals surface area contributed by atoms with Gasteiger partial charge in [-0.3, -0.25) is 9.69 Å². The summed E-state index contributed by atoms with van der Waals surface area (Å²) in [4.78, 5) is 17.7. The summed E-state index contributed by atoms with van der Waals surface area (Å²) < 4.78 is 7.02. The normalized spacial score (nSPS) is 15.2. The molecule has 0 radical (unpaired) electrons. The van der Waals surface area contributed by atoms with Crippen molar-refractivity contribution < 1.29 is 9.53 Å². The third-order valence-electron chi connectivity index (χ3n) is 2.91. The molecule has 1 aromatic heterocycles. The Morgan fingerprint density at radius 2 is 2.41 bits per heavy atom. The highest BCUT2D eigenvalue weighted by Crippen LogP contribution is 2.26. The van der Waals surface area contributed by atoms with E-state index in [0.717, 1.165) is 13.1 Å². The van der Waals surface area contributed by atoms with Gasteiger partial charge in [0, 0.05) is 31.5 Å². The number of aromatic nitrogens is 2. The van der Waals surface area contributed by atoms with Crippen molar-refractivity contribution in [1.29, 1.82) is 0 Å². The van der Waals surface area contributed by atoms with Gasteiger partial charge in [-0.1, -0.05) is 0 Å². The first kappa shape index (κ1) is 12.1. The van der Waals surface area contributed by atoms with Gasteiger partial charge >= 0.3 is 5.97 Å². The highest BCUT2D eigenvalue weighted by molar-refractivity contribution is 5.71. The molecule has 0 aromatic carbocycles. The molecule has 2 rings (SSSR count). The molecule has 1 aliphatic carbocycles. The smallest absolute Gasteiger partial charge is 0.320 e. The van der Waals surface area contributed by atoms with Gasteiger partial charge in [-0.2, -0.15) is 0 Å². The minimum atomic E-state index is -0.120. The Morgan fingerprint density at radius 1 is 1.59 bits per heavy atom. The molecule has 5 heteroatoms. The predicted molar refractivity (Wildman–Crippen MR) is 63.5 cm³/mol. The summed E-state index contributed by atoms with van der Waals surface area (Å²) in [6.45, 7) is 4.45. The monoisotopic (exact) mass is 237 g/mol. The zero-order valence-electron chi connectivity index (χ0n) is 10.2. The van der Waals surface area contributed by atoms with Crippen LogP contribution in [0.3, 0.4) is 0 Å². The second kappa shape index (κ2) is 5.82. The fourth-order valence-corrected chi connectivity index (χ4v) is 1.87. The molecule has 0 atom stereocenters. The van der Waals surface area contributed by atoms with Crippen LogP contribution in [0, 0.1) is 0 Å². The van der Waals surface area contributed by atoms with Crippen LogP contribution in [0.15, 0.2) is 18.7 Å².